The maximum absolute atomic E-state index is 5.38. The van der Waals surface area contributed by atoms with Gasteiger partial charge in [0.05, 0.1) is 0 Å². The van der Waals surface area contributed by atoms with Gasteiger partial charge in [0.15, 0.2) is 0 Å². The van der Waals surface area contributed by atoms with Gasteiger partial charge in [0.1, 0.15) is 0 Å². The Kier molecular flexibility index (Phi) is 4.86. The van der Waals surface area contributed by atoms with Crippen molar-refractivity contribution in [3.8, 4) is 0 Å². The fourth-order valence-corrected chi connectivity index (χ4v) is 2.82. The van der Waals surface area contributed by atoms with Crippen molar-refractivity contribution in [3.05, 3.63) is 35.9 Å². The molecule has 1 heterocycles. The summed E-state index contributed by atoms with van der Waals surface area (Å²) in [6.07, 6.45) is 5.03. The van der Waals surface area contributed by atoms with Gasteiger partial charge in [-0.1, -0.05) is 46.3 Å². The van der Waals surface area contributed by atoms with Crippen LogP contribution in [0.3, 0.4) is 0 Å². The van der Waals surface area contributed by atoms with Gasteiger partial charge in [0.25, 0.3) is 0 Å². The summed E-state index contributed by atoms with van der Waals surface area (Å²) in [5.74, 6) is 0.873. The summed E-state index contributed by atoms with van der Waals surface area (Å²) in [4.78, 5) is 0.511. The zero-order valence-electron chi connectivity index (χ0n) is 9.57. The zero-order valence-corrected chi connectivity index (χ0v) is 11.2. The quantitative estimate of drug-likeness (QED) is 0.747. The second-order valence-electron chi connectivity index (χ2n) is 4.51. The molecule has 0 saturated carbocycles. The highest BCUT2D eigenvalue weighted by Crippen LogP contribution is 2.31. The predicted octanol–water partition coefficient (Wildman–Crippen LogP) is 4.33. The molecule has 1 atom stereocenters. The minimum absolute atomic E-state index is 0.511. The van der Waals surface area contributed by atoms with Crippen LogP contribution in [0.5, 0.6) is 0 Å². The molecule has 88 valence electrons. The summed E-state index contributed by atoms with van der Waals surface area (Å²) in [5.41, 5.74) is 1.40. The van der Waals surface area contributed by atoms with Crippen LogP contribution in [0, 0.1) is 5.92 Å². The standard InChI is InChI=1S/C14H19BrO/c15-14(13-4-2-1-3-5-13)7-6-12-8-10-16-11-9-12/h1-5,12,14H,6-11H2. The van der Waals surface area contributed by atoms with Gasteiger partial charge in [-0.15, -0.1) is 0 Å². The van der Waals surface area contributed by atoms with Gasteiger partial charge in [0, 0.05) is 18.0 Å². The molecule has 0 N–H and O–H groups in total. The van der Waals surface area contributed by atoms with E-state index in [9.17, 15) is 0 Å². The summed E-state index contributed by atoms with van der Waals surface area (Å²) < 4.78 is 5.38. The molecular weight excluding hydrogens is 264 g/mol. The van der Waals surface area contributed by atoms with E-state index in [1.54, 1.807) is 0 Å². The molecule has 16 heavy (non-hydrogen) atoms. The van der Waals surface area contributed by atoms with E-state index in [1.807, 2.05) is 0 Å². The third kappa shape index (κ3) is 3.60. The summed E-state index contributed by atoms with van der Waals surface area (Å²) in [6.45, 7) is 1.92. The molecule has 0 amide bonds. The Morgan fingerprint density at radius 3 is 2.56 bits per heavy atom. The minimum atomic E-state index is 0.511. The number of hydrogen-bond donors (Lipinski definition) is 0. The molecule has 0 spiro atoms. The Labute approximate surface area is 106 Å². The van der Waals surface area contributed by atoms with Gasteiger partial charge >= 0.3 is 0 Å². The summed E-state index contributed by atoms with van der Waals surface area (Å²) >= 11 is 3.78. The van der Waals surface area contributed by atoms with Gasteiger partial charge in [0.2, 0.25) is 0 Å². The Morgan fingerprint density at radius 1 is 1.19 bits per heavy atom. The summed E-state index contributed by atoms with van der Waals surface area (Å²) in [6, 6.07) is 10.7. The topological polar surface area (TPSA) is 9.23 Å². The molecule has 0 bridgehead atoms. The second-order valence-corrected chi connectivity index (χ2v) is 5.62. The third-order valence-corrected chi connectivity index (χ3v) is 4.32. The van der Waals surface area contributed by atoms with E-state index in [-0.39, 0.29) is 0 Å². The lowest BCUT2D eigenvalue weighted by Gasteiger charge is -2.22. The van der Waals surface area contributed by atoms with Crippen molar-refractivity contribution < 1.29 is 4.74 Å². The number of benzene rings is 1. The van der Waals surface area contributed by atoms with Crippen LogP contribution in [0.15, 0.2) is 30.3 Å². The number of alkyl halides is 1. The normalized spacial score (nSPS) is 19.6. The van der Waals surface area contributed by atoms with Crippen molar-refractivity contribution in [2.75, 3.05) is 13.2 Å². The van der Waals surface area contributed by atoms with E-state index in [1.165, 1.54) is 31.2 Å². The van der Waals surface area contributed by atoms with Crippen LogP contribution in [-0.4, -0.2) is 13.2 Å². The van der Waals surface area contributed by atoms with Crippen molar-refractivity contribution >= 4 is 15.9 Å². The second kappa shape index (κ2) is 6.41. The minimum Gasteiger partial charge on any atom is -0.381 e. The Morgan fingerprint density at radius 2 is 1.88 bits per heavy atom. The van der Waals surface area contributed by atoms with Crippen LogP contribution in [-0.2, 0) is 4.74 Å². The number of halogens is 1. The van der Waals surface area contributed by atoms with Gasteiger partial charge in [-0.25, -0.2) is 0 Å². The average Bonchev–Trinajstić information content (AvgIpc) is 2.38. The lowest BCUT2D eigenvalue weighted by molar-refractivity contribution is 0.0633. The van der Waals surface area contributed by atoms with Crippen LogP contribution < -0.4 is 0 Å². The van der Waals surface area contributed by atoms with Crippen molar-refractivity contribution in [2.45, 2.75) is 30.5 Å². The molecule has 1 fully saturated rings. The number of ether oxygens (including phenoxy) is 1. The molecule has 1 unspecified atom stereocenters. The van der Waals surface area contributed by atoms with Gasteiger partial charge < -0.3 is 4.74 Å². The van der Waals surface area contributed by atoms with Crippen molar-refractivity contribution in [2.24, 2.45) is 5.92 Å². The largest absolute Gasteiger partial charge is 0.381 e. The van der Waals surface area contributed by atoms with E-state index >= 15 is 0 Å². The van der Waals surface area contributed by atoms with E-state index in [0.29, 0.717) is 4.83 Å². The highest BCUT2D eigenvalue weighted by Gasteiger charge is 2.15. The lowest BCUT2D eigenvalue weighted by atomic mass is 9.93. The first kappa shape index (κ1) is 12.1. The van der Waals surface area contributed by atoms with Crippen molar-refractivity contribution in [1.82, 2.24) is 0 Å². The summed E-state index contributed by atoms with van der Waals surface area (Å²) in [5, 5.41) is 0. The number of hydrogen-bond acceptors (Lipinski definition) is 1. The van der Waals surface area contributed by atoms with E-state index < -0.39 is 0 Å². The third-order valence-electron chi connectivity index (χ3n) is 3.33. The fourth-order valence-electron chi connectivity index (χ4n) is 2.25. The highest BCUT2D eigenvalue weighted by molar-refractivity contribution is 9.09. The van der Waals surface area contributed by atoms with Crippen LogP contribution >= 0.6 is 15.9 Å². The lowest BCUT2D eigenvalue weighted by Crippen LogP contribution is -2.15. The molecule has 0 radical (unpaired) electrons. The van der Waals surface area contributed by atoms with Crippen LogP contribution in [0.2, 0.25) is 0 Å². The smallest absolute Gasteiger partial charge is 0.0468 e. The molecule has 0 aromatic heterocycles. The van der Waals surface area contributed by atoms with Crippen LogP contribution in [0.25, 0.3) is 0 Å². The first-order valence-electron chi connectivity index (χ1n) is 6.13. The molecule has 1 saturated heterocycles. The van der Waals surface area contributed by atoms with Crippen molar-refractivity contribution in [1.29, 1.82) is 0 Å². The Hall–Kier alpha value is -0.340. The first-order chi connectivity index (χ1) is 7.86. The van der Waals surface area contributed by atoms with E-state index in [4.69, 9.17) is 4.74 Å². The molecule has 1 aromatic rings. The molecule has 1 aromatic carbocycles. The molecule has 0 aliphatic carbocycles. The first-order valence-corrected chi connectivity index (χ1v) is 7.04. The van der Waals surface area contributed by atoms with Crippen LogP contribution in [0.1, 0.15) is 36.1 Å². The highest BCUT2D eigenvalue weighted by atomic mass is 79.9. The monoisotopic (exact) mass is 282 g/mol. The van der Waals surface area contributed by atoms with Crippen LogP contribution in [0.4, 0.5) is 0 Å². The molecule has 2 rings (SSSR count). The molecule has 1 aliphatic rings. The van der Waals surface area contributed by atoms with Gasteiger partial charge in [-0.2, -0.15) is 0 Å². The van der Waals surface area contributed by atoms with Crippen molar-refractivity contribution in [3.63, 3.8) is 0 Å². The predicted molar refractivity (Wildman–Crippen MR) is 70.9 cm³/mol. The van der Waals surface area contributed by atoms with E-state index in [2.05, 4.69) is 46.3 Å². The Balaban J connectivity index is 1.77. The maximum Gasteiger partial charge on any atom is 0.0468 e. The Bertz CT molecular complexity index is 293. The zero-order chi connectivity index (χ0) is 11.2. The van der Waals surface area contributed by atoms with Gasteiger partial charge in [-0.05, 0) is 37.2 Å². The van der Waals surface area contributed by atoms with Gasteiger partial charge in [-0.3, -0.25) is 0 Å². The fraction of sp³-hybridized carbons (Fsp3) is 0.571. The molecule has 2 heteroatoms. The maximum atomic E-state index is 5.38. The molecule has 1 aliphatic heterocycles. The summed E-state index contributed by atoms with van der Waals surface area (Å²) in [7, 11) is 0. The van der Waals surface area contributed by atoms with E-state index in [0.717, 1.165) is 19.1 Å². The number of rotatable bonds is 4. The SMILES string of the molecule is BrC(CCC1CCOCC1)c1ccccc1. The molecule has 1 nitrogen and oxygen atoms in total. The average molecular weight is 283 g/mol. The molecular formula is C14H19BrO.